The summed E-state index contributed by atoms with van der Waals surface area (Å²) in [5.74, 6) is 0.224. The summed E-state index contributed by atoms with van der Waals surface area (Å²) >= 11 is 0. The van der Waals surface area contributed by atoms with Crippen molar-refractivity contribution < 1.29 is 14.0 Å². The van der Waals surface area contributed by atoms with Crippen molar-refractivity contribution in [2.75, 3.05) is 11.9 Å². The average molecular weight is 374 g/mol. The second-order valence-corrected chi connectivity index (χ2v) is 6.21. The van der Waals surface area contributed by atoms with Gasteiger partial charge >= 0.3 is 0 Å². The smallest absolute Gasteiger partial charge is 0.269 e. The Balaban J connectivity index is 2.15. The van der Waals surface area contributed by atoms with E-state index >= 15 is 0 Å². The fraction of sp³-hybridized carbons (Fsp3) is 0.333. The van der Waals surface area contributed by atoms with Gasteiger partial charge in [0.25, 0.3) is 5.91 Å². The first-order valence-electron chi connectivity index (χ1n) is 8.36. The number of pyridine rings is 1. The highest BCUT2D eigenvalue weighted by Gasteiger charge is 2.15. The van der Waals surface area contributed by atoms with Crippen LogP contribution < -0.4 is 10.6 Å². The van der Waals surface area contributed by atoms with E-state index in [2.05, 4.69) is 32.5 Å². The van der Waals surface area contributed by atoms with Crippen molar-refractivity contribution in [2.24, 2.45) is 12.2 Å². The number of nitrogens with one attached hydrogen (secondary N) is 2. The summed E-state index contributed by atoms with van der Waals surface area (Å²) in [6, 6.07) is 4.43. The fourth-order valence-electron chi connectivity index (χ4n) is 2.13. The second kappa shape index (κ2) is 8.93. The van der Waals surface area contributed by atoms with Gasteiger partial charge in [-0.05, 0) is 32.9 Å². The lowest BCUT2D eigenvalue weighted by molar-refractivity contribution is 0.0933. The van der Waals surface area contributed by atoms with Crippen LogP contribution in [0.3, 0.4) is 0 Å². The van der Waals surface area contributed by atoms with E-state index in [9.17, 15) is 9.18 Å². The van der Waals surface area contributed by atoms with Gasteiger partial charge in [0.05, 0.1) is 18.4 Å². The molecular weight excluding hydrogens is 351 g/mol. The summed E-state index contributed by atoms with van der Waals surface area (Å²) in [5, 5.41) is 14.1. The summed E-state index contributed by atoms with van der Waals surface area (Å²) in [4.78, 5) is 21.3. The van der Waals surface area contributed by atoms with Crippen LogP contribution in [0.4, 0.5) is 10.2 Å². The molecule has 9 heteroatoms. The van der Waals surface area contributed by atoms with Crippen LogP contribution >= 0.6 is 0 Å². The number of nitrogens with zero attached hydrogens (tertiary/aromatic N) is 4. The predicted octanol–water partition coefficient (Wildman–Crippen LogP) is 2.46. The molecule has 2 aromatic rings. The number of oxime groups is 1. The van der Waals surface area contributed by atoms with Crippen LogP contribution in [0.5, 0.6) is 0 Å². The minimum absolute atomic E-state index is 0.0198. The molecule has 2 N–H and O–H groups in total. The van der Waals surface area contributed by atoms with Gasteiger partial charge in [0, 0.05) is 19.2 Å². The number of aryl methyl sites for hydroxylation is 1. The summed E-state index contributed by atoms with van der Waals surface area (Å²) in [6.07, 6.45) is 1.10. The van der Waals surface area contributed by atoms with E-state index in [1.807, 2.05) is 13.8 Å². The molecule has 2 aromatic heterocycles. The molecule has 0 aromatic carbocycles. The first kappa shape index (κ1) is 20.1. The molecule has 0 spiro atoms. The normalized spacial score (nSPS) is 11.4. The SMILES string of the molecule is C=C(C)ON=C(CNc1cc(C(=O)NC(C)C)n(C)n1)c1ccc(F)cn1. The molecule has 144 valence electrons. The third-order valence-corrected chi connectivity index (χ3v) is 3.30. The Morgan fingerprint density at radius 2 is 2.19 bits per heavy atom. The molecule has 27 heavy (non-hydrogen) atoms. The van der Waals surface area contributed by atoms with E-state index in [0.717, 1.165) is 6.20 Å². The van der Waals surface area contributed by atoms with Crippen LogP contribution in [-0.2, 0) is 11.9 Å². The van der Waals surface area contributed by atoms with Crippen LogP contribution in [0.15, 0.2) is 41.9 Å². The van der Waals surface area contributed by atoms with Crippen LogP contribution in [0.2, 0.25) is 0 Å². The van der Waals surface area contributed by atoms with Crippen molar-refractivity contribution in [1.29, 1.82) is 0 Å². The molecule has 0 aliphatic carbocycles. The van der Waals surface area contributed by atoms with E-state index in [1.165, 1.54) is 16.8 Å². The van der Waals surface area contributed by atoms with Gasteiger partial charge in [-0.25, -0.2) is 4.39 Å². The predicted molar refractivity (Wildman–Crippen MR) is 101 cm³/mol. The Hall–Kier alpha value is -3.23. The Morgan fingerprint density at radius 3 is 2.78 bits per heavy atom. The lowest BCUT2D eigenvalue weighted by atomic mass is 10.2. The first-order valence-corrected chi connectivity index (χ1v) is 8.36. The highest BCUT2D eigenvalue weighted by molar-refractivity contribution is 6.01. The number of aromatic nitrogens is 3. The third-order valence-electron chi connectivity index (χ3n) is 3.30. The van der Waals surface area contributed by atoms with Crippen LogP contribution in [0, 0.1) is 5.82 Å². The van der Waals surface area contributed by atoms with Crippen LogP contribution in [-0.4, -0.2) is 39.0 Å². The van der Waals surface area contributed by atoms with Gasteiger partial charge in [-0.15, -0.1) is 0 Å². The minimum Gasteiger partial charge on any atom is -0.363 e. The van der Waals surface area contributed by atoms with E-state index in [0.29, 0.717) is 28.7 Å². The third kappa shape index (κ3) is 5.91. The standard InChI is InChI=1S/C18H23FN6O2/c1-11(2)22-18(26)16-8-17(23-25(16)5)21-10-15(24-27-12(3)4)14-7-6-13(19)9-20-14/h6-9,11H,3,10H2,1-2,4-5H3,(H,21,23)(H,22,26). The zero-order valence-electron chi connectivity index (χ0n) is 15.8. The van der Waals surface area contributed by atoms with Crippen molar-refractivity contribution in [3.63, 3.8) is 0 Å². The van der Waals surface area contributed by atoms with Gasteiger partial charge in [0.2, 0.25) is 0 Å². The maximum atomic E-state index is 13.1. The highest BCUT2D eigenvalue weighted by Crippen LogP contribution is 2.10. The number of allylic oxidation sites excluding steroid dienone is 1. The van der Waals surface area contributed by atoms with E-state index < -0.39 is 5.82 Å². The molecule has 8 nitrogen and oxygen atoms in total. The Kier molecular flexibility index (Phi) is 6.64. The van der Waals surface area contributed by atoms with E-state index in [1.54, 1.807) is 20.0 Å². The Morgan fingerprint density at radius 1 is 1.44 bits per heavy atom. The molecule has 0 radical (unpaired) electrons. The summed E-state index contributed by atoms with van der Waals surface area (Å²) in [6.45, 7) is 9.25. The molecular formula is C18H23FN6O2. The van der Waals surface area contributed by atoms with Gasteiger partial charge < -0.3 is 15.5 Å². The van der Waals surface area contributed by atoms with Gasteiger partial charge in [-0.2, -0.15) is 5.10 Å². The Bertz CT molecular complexity index is 842. The number of rotatable bonds is 8. The molecule has 1 amide bonds. The average Bonchev–Trinajstić information content (AvgIpc) is 2.96. The molecule has 0 bridgehead atoms. The molecule has 2 heterocycles. The number of halogens is 1. The highest BCUT2D eigenvalue weighted by atomic mass is 19.1. The van der Waals surface area contributed by atoms with Crippen LogP contribution in [0.1, 0.15) is 37.0 Å². The molecule has 0 atom stereocenters. The largest absolute Gasteiger partial charge is 0.363 e. The number of carbonyl (C=O) groups is 1. The van der Waals surface area contributed by atoms with Crippen molar-refractivity contribution in [2.45, 2.75) is 26.8 Å². The lowest BCUT2D eigenvalue weighted by Crippen LogP contribution is -2.31. The van der Waals surface area contributed by atoms with Crippen molar-refractivity contribution in [3.05, 3.63) is 53.9 Å². The van der Waals surface area contributed by atoms with Gasteiger partial charge in [0.15, 0.2) is 0 Å². The zero-order chi connectivity index (χ0) is 20.0. The maximum Gasteiger partial charge on any atom is 0.269 e. The second-order valence-electron chi connectivity index (χ2n) is 6.21. The summed E-state index contributed by atoms with van der Waals surface area (Å²) in [5.41, 5.74) is 1.29. The number of carbonyl (C=O) groups excluding carboxylic acids is 1. The molecule has 0 saturated carbocycles. The quantitative estimate of drug-likeness (QED) is 0.421. The van der Waals surface area contributed by atoms with Crippen molar-refractivity contribution in [1.82, 2.24) is 20.1 Å². The minimum atomic E-state index is -0.447. The topological polar surface area (TPSA) is 93.4 Å². The molecule has 0 aliphatic heterocycles. The summed E-state index contributed by atoms with van der Waals surface area (Å²) in [7, 11) is 1.68. The molecule has 2 rings (SSSR count). The maximum absolute atomic E-state index is 13.1. The first-order chi connectivity index (χ1) is 12.8. The molecule has 0 unspecified atom stereocenters. The van der Waals surface area contributed by atoms with Crippen molar-refractivity contribution in [3.8, 4) is 0 Å². The number of hydrogen-bond acceptors (Lipinski definition) is 6. The van der Waals surface area contributed by atoms with E-state index in [-0.39, 0.29) is 18.5 Å². The van der Waals surface area contributed by atoms with Crippen molar-refractivity contribution >= 4 is 17.4 Å². The Labute approximate surface area is 157 Å². The zero-order valence-corrected chi connectivity index (χ0v) is 15.8. The molecule has 0 aliphatic rings. The monoisotopic (exact) mass is 374 g/mol. The van der Waals surface area contributed by atoms with E-state index in [4.69, 9.17) is 4.84 Å². The number of anilines is 1. The fourth-order valence-corrected chi connectivity index (χ4v) is 2.13. The lowest BCUT2D eigenvalue weighted by Gasteiger charge is -2.07. The molecule has 0 saturated heterocycles. The van der Waals surface area contributed by atoms with Crippen LogP contribution in [0.25, 0.3) is 0 Å². The molecule has 0 fully saturated rings. The van der Waals surface area contributed by atoms with Gasteiger partial charge in [-0.1, -0.05) is 11.7 Å². The van der Waals surface area contributed by atoms with Gasteiger partial charge in [-0.3, -0.25) is 14.5 Å². The number of hydrogen-bond donors (Lipinski definition) is 2. The van der Waals surface area contributed by atoms with Gasteiger partial charge in [0.1, 0.15) is 28.8 Å². The number of amides is 1. The summed E-state index contributed by atoms with van der Waals surface area (Å²) < 4.78 is 14.6.